The molecule has 1 aliphatic carbocycles. The Kier molecular flexibility index (Phi) is 9.74. The minimum atomic E-state index is -4.49. The zero-order valence-corrected chi connectivity index (χ0v) is 17.5. The number of alkyl halides is 3. The maximum atomic E-state index is 12.8. The van der Waals surface area contributed by atoms with Gasteiger partial charge in [-0.05, 0) is 43.4 Å². The number of ether oxygens (including phenoxy) is 1. The van der Waals surface area contributed by atoms with E-state index in [4.69, 9.17) is 9.84 Å². The second-order valence-electron chi connectivity index (χ2n) is 7.89. The smallest absolute Gasteiger partial charge is 0.416 e. The minimum absolute atomic E-state index is 0.0190. The van der Waals surface area contributed by atoms with Gasteiger partial charge < -0.3 is 25.2 Å². The highest BCUT2D eigenvalue weighted by Gasteiger charge is 2.39. The number of carbonyl (C=O) groups is 1. The van der Waals surface area contributed by atoms with Crippen molar-refractivity contribution in [3.63, 3.8) is 0 Å². The van der Waals surface area contributed by atoms with E-state index in [1.54, 1.807) is 6.08 Å². The van der Waals surface area contributed by atoms with Crippen LogP contribution in [0.4, 0.5) is 13.2 Å². The lowest BCUT2D eigenvalue weighted by atomic mass is 9.89. The van der Waals surface area contributed by atoms with Crippen molar-refractivity contribution in [2.75, 3.05) is 6.61 Å². The van der Waals surface area contributed by atoms with Gasteiger partial charge in [-0.2, -0.15) is 13.2 Å². The molecule has 9 heteroatoms. The molecule has 1 aromatic rings. The maximum absolute atomic E-state index is 12.8. The summed E-state index contributed by atoms with van der Waals surface area (Å²) < 4.78 is 43.5. The van der Waals surface area contributed by atoms with Gasteiger partial charge in [0.15, 0.2) is 0 Å². The summed E-state index contributed by atoms with van der Waals surface area (Å²) in [6.45, 7) is -0.267. The number of rotatable bonds is 11. The largest absolute Gasteiger partial charge is 0.491 e. The Labute approximate surface area is 184 Å². The number of hydrogen-bond donors (Lipinski definition) is 4. The number of aliphatic hydroxyl groups is 3. The van der Waals surface area contributed by atoms with E-state index in [9.17, 15) is 33.3 Å². The first-order valence-electron chi connectivity index (χ1n) is 10.5. The van der Waals surface area contributed by atoms with Crippen molar-refractivity contribution in [1.29, 1.82) is 0 Å². The predicted molar refractivity (Wildman–Crippen MR) is 111 cm³/mol. The SMILES string of the molecule is O=C(O)CCC/C=C\CC1C(/C=C/[C@@H](O)COc2cccc(C(F)(F)F)c2)[C@H](O)C[C@@H]1O. The van der Waals surface area contributed by atoms with Crippen molar-refractivity contribution in [1.82, 2.24) is 0 Å². The van der Waals surface area contributed by atoms with Crippen LogP contribution in [-0.4, -0.2) is 51.3 Å². The molecule has 0 bridgehead atoms. The van der Waals surface area contributed by atoms with E-state index < -0.39 is 41.9 Å². The highest BCUT2D eigenvalue weighted by Crippen LogP contribution is 2.36. The molecule has 6 nitrogen and oxygen atoms in total. The van der Waals surface area contributed by atoms with Crippen molar-refractivity contribution in [3.05, 3.63) is 54.1 Å². The average molecular weight is 458 g/mol. The van der Waals surface area contributed by atoms with E-state index in [1.165, 1.54) is 18.2 Å². The van der Waals surface area contributed by atoms with Gasteiger partial charge in [0.2, 0.25) is 0 Å². The molecule has 32 heavy (non-hydrogen) atoms. The first-order valence-corrected chi connectivity index (χ1v) is 10.5. The molecule has 0 heterocycles. The number of aliphatic hydroxyl groups excluding tert-OH is 3. The summed E-state index contributed by atoms with van der Waals surface area (Å²) in [6.07, 6.45) is 1.48. The van der Waals surface area contributed by atoms with Gasteiger partial charge in [0.25, 0.3) is 0 Å². The zero-order chi connectivity index (χ0) is 23.7. The van der Waals surface area contributed by atoms with Crippen molar-refractivity contribution in [2.45, 2.75) is 56.6 Å². The topological polar surface area (TPSA) is 107 Å². The van der Waals surface area contributed by atoms with Crippen LogP contribution in [0.5, 0.6) is 5.75 Å². The molecular formula is C23H29F3O6. The van der Waals surface area contributed by atoms with Gasteiger partial charge in [0.1, 0.15) is 18.5 Å². The molecule has 5 atom stereocenters. The van der Waals surface area contributed by atoms with Crippen molar-refractivity contribution in [3.8, 4) is 5.75 Å². The maximum Gasteiger partial charge on any atom is 0.416 e. The van der Waals surface area contributed by atoms with E-state index in [0.717, 1.165) is 12.1 Å². The molecule has 2 unspecified atom stereocenters. The molecule has 0 spiro atoms. The van der Waals surface area contributed by atoms with Crippen LogP contribution in [-0.2, 0) is 11.0 Å². The lowest BCUT2D eigenvalue weighted by Gasteiger charge is -2.19. The number of halogens is 3. The van der Waals surface area contributed by atoms with Crippen molar-refractivity contribution in [2.24, 2.45) is 11.8 Å². The van der Waals surface area contributed by atoms with E-state index in [1.807, 2.05) is 12.2 Å². The number of carboxylic acids is 1. The first-order chi connectivity index (χ1) is 15.1. The number of carboxylic acid groups (broad SMARTS) is 1. The number of hydrogen-bond acceptors (Lipinski definition) is 5. The quantitative estimate of drug-likeness (QED) is 0.298. The summed E-state index contributed by atoms with van der Waals surface area (Å²) in [5.74, 6) is -1.55. The summed E-state index contributed by atoms with van der Waals surface area (Å²) in [6, 6.07) is 4.36. The van der Waals surface area contributed by atoms with Crippen molar-refractivity contribution >= 4 is 5.97 Å². The second kappa shape index (κ2) is 12.0. The molecule has 4 N–H and O–H groups in total. The minimum Gasteiger partial charge on any atom is -0.491 e. The van der Waals surface area contributed by atoms with E-state index >= 15 is 0 Å². The number of benzene rings is 1. The van der Waals surface area contributed by atoms with Crippen LogP contribution in [0, 0.1) is 11.8 Å². The zero-order valence-electron chi connectivity index (χ0n) is 17.5. The Morgan fingerprint density at radius 2 is 1.97 bits per heavy atom. The third-order valence-electron chi connectivity index (χ3n) is 5.39. The Morgan fingerprint density at radius 1 is 1.22 bits per heavy atom. The highest BCUT2D eigenvalue weighted by atomic mass is 19.4. The third kappa shape index (κ3) is 8.29. The van der Waals surface area contributed by atoms with Gasteiger partial charge in [-0.3, -0.25) is 4.79 Å². The van der Waals surface area contributed by atoms with Gasteiger partial charge >= 0.3 is 12.1 Å². The van der Waals surface area contributed by atoms with Crippen LogP contribution in [0.1, 0.15) is 37.7 Å². The molecule has 1 fully saturated rings. The molecule has 1 aromatic carbocycles. The molecule has 1 saturated carbocycles. The second-order valence-corrected chi connectivity index (χ2v) is 7.89. The molecule has 0 saturated heterocycles. The van der Waals surface area contributed by atoms with Crippen LogP contribution >= 0.6 is 0 Å². The van der Waals surface area contributed by atoms with Gasteiger partial charge in [0.05, 0.1) is 17.8 Å². The fourth-order valence-electron chi connectivity index (χ4n) is 3.70. The average Bonchev–Trinajstić information content (AvgIpc) is 2.99. The summed E-state index contributed by atoms with van der Waals surface area (Å²) >= 11 is 0. The molecule has 0 amide bonds. The summed E-state index contributed by atoms with van der Waals surface area (Å²) in [5, 5.41) is 39.2. The van der Waals surface area contributed by atoms with Crippen LogP contribution in [0.15, 0.2) is 48.6 Å². The monoisotopic (exact) mass is 458 g/mol. The Balaban J connectivity index is 1.87. The number of unbranched alkanes of at least 4 members (excludes halogenated alkanes) is 1. The lowest BCUT2D eigenvalue weighted by molar-refractivity contribution is -0.138. The molecule has 0 radical (unpaired) electrons. The van der Waals surface area contributed by atoms with E-state index in [0.29, 0.717) is 19.3 Å². The molecule has 1 aliphatic rings. The summed E-state index contributed by atoms with van der Waals surface area (Å²) in [4.78, 5) is 10.5. The number of aliphatic carboxylic acids is 1. The first kappa shape index (κ1) is 25.9. The molecule has 2 rings (SSSR count). The number of allylic oxidation sites excluding steroid dienone is 2. The molecule has 0 aromatic heterocycles. The Bertz CT molecular complexity index is 792. The van der Waals surface area contributed by atoms with Gasteiger partial charge in [-0.1, -0.05) is 30.4 Å². The lowest BCUT2D eigenvalue weighted by Crippen LogP contribution is -2.21. The van der Waals surface area contributed by atoms with Crippen molar-refractivity contribution < 1.29 is 43.1 Å². The van der Waals surface area contributed by atoms with Gasteiger partial charge in [-0.25, -0.2) is 0 Å². The molecular weight excluding hydrogens is 429 g/mol. The highest BCUT2D eigenvalue weighted by molar-refractivity contribution is 5.66. The molecule has 0 aliphatic heterocycles. The normalized spacial score (nSPS) is 24.9. The van der Waals surface area contributed by atoms with Gasteiger partial charge in [-0.15, -0.1) is 0 Å². The van der Waals surface area contributed by atoms with Crippen LogP contribution < -0.4 is 4.74 Å². The molecule has 178 valence electrons. The predicted octanol–water partition coefficient (Wildman–Crippen LogP) is 3.56. The van der Waals surface area contributed by atoms with E-state index in [2.05, 4.69) is 0 Å². The summed E-state index contributed by atoms with van der Waals surface area (Å²) in [5.41, 5.74) is -0.845. The van der Waals surface area contributed by atoms with Crippen LogP contribution in [0.25, 0.3) is 0 Å². The fraction of sp³-hybridized carbons (Fsp3) is 0.522. The summed E-state index contributed by atoms with van der Waals surface area (Å²) in [7, 11) is 0. The Hall–Kier alpha value is -2.36. The third-order valence-corrected chi connectivity index (χ3v) is 5.39. The van der Waals surface area contributed by atoms with Crippen LogP contribution in [0.2, 0.25) is 0 Å². The van der Waals surface area contributed by atoms with E-state index in [-0.39, 0.29) is 31.1 Å². The standard InChI is InChI=1S/C23H29F3O6/c24-23(25,26)15-6-5-7-17(12-15)32-14-16(27)10-11-19-18(20(28)13-21(19)29)8-3-1-2-4-9-22(30)31/h1,3,5-7,10-12,16,18-21,27-29H,2,4,8-9,13-14H2,(H,30,31)/b3-1-,11-10+/t16-,18?,19?,20+,21-/m1/s1. The van der Waals surface area contributed by atoms with Gasteiger partial charge in [0, 0.05) is 18.8 Å². The Morgan fingerprint density at radius 3 is 2.66 bits per heavy atom. The van der Waals surface area contributed by atoms with Crippen LogP contribution in [0.3, 0.4) is 0 Å². The fourth-order valence-corrected chi connectivity index (χ4v) is 3.70.